The van der Waals surface area contributed by atoms with E-state index in [0.29, 0.717) is 0 Å². The highest BCUT2D eigenvalue weighted by molar-refractivity contribution is 5.99. The van der Waals surface area contributed by atoms with Crippen molar-refractivity contribution in [3.63, 3.8) is 0 Å². The topological polar surface area (TPSA) is 58.1 Å². The van der Waals surface area contributed by atoms with Gasteiger partial charge in [-0.05, 0) is 43.0 Å². The summed E-state index contributed by atoms with van der Waals surface area (Å²) in [6.45, 7) is 4.08. The molecule has 1 atom stereocenters. The Morgan fingerprint density at radius 2 is 1.89 bits per heavy atom. The van der Waals surface area contributed by atoms with Gasteiger partial charge in [0.25, 0.3) is 0 Å². The molecule has 5 heteroatoms. The first-order valence-corrected chi connectivity index (χ1v) is 9.62. The van der Waals surface area contributed by atoms with Crippen LogP contribution in [-0.4, -0.2) is 29.0 Å². The Balaban J connectivity index is 1.62. The van der Waals surface area contributed by atoms with Crippen molar-refractivity contribution in [2.75, 3.05) is 23.3 Å². The molecule has 1 unspecified atom stereocenters. The van der Waals surface area contributed by atoms with Crippen LogP contribution in [0.15, 0.2) is 54.9 Å². The first-order valence-electron chi connectivity index (χ1n) is 9.62. The van der Waals surface area contributed by atoms with Crippen molar-refractivity contribution in [2.45, 2.75) is 32.1 Å². The van der Waals surface area contributed by atoms with Gasteiger partial charge in [0, 0.05) is 24.2 Å². The molecule has 1 N–H and O–H groups in total. The van der Waals surface area contributed by atoms with E-state index >= 15 is 0 Å². The molecule has 4 rings (SSSR count). The predicted octanol–water partition coefficient (Wildman–Crippen LogP) is 4.36. The fourth-order valence-electron chi connectivity index (χ4n) is 3.79. The van der Waals surface area contributed by atoms with Gasteiger partial charge in [-0.15, -0.1) is 0 Å². The van der Waals surface area contributed by atoms with Gasteiger partial charge in [0.1, 0.15) is 12.1 Å². The van der Waals surface area contributed by atoms with Crippen LogP contribution in [0, 0.1) is 0 Å². The Labute approximate surface area is 159 Å². The van der Waals surface area contributed by atoms with Gasteiger partial charge in [0.2, 0.25) is 5.91 Å². The van der Waals surface area contributed by atoms with Crippen LogP contribution >= 0.6 is 0 Å². The van der Waals surface area contributed by atoms with Crippen LogP contribution in [0.3, 0.4) is 0 Å². The van der Waals surface area contributed by atoms with Crippen LogP contribution in [0.1, 0.15) is 37.7 Å². The van der Waals surface area contributed by atoms with Crippen LogP contribution in [-0.2, 0) is 4.79 Å². The number of hydrogen-bond donors (Lipinski definition) is 1. The van der Waals surface area contributed by atoms with Crippen molar-refractivity contribution in [3.8, 4) is 0 Å². The molecular weight excluding hydrogens is 336 g/mol. The van der Waals surface area contributed by atoms with Crippen molar-refractivity contribution >= 4 is 28.3 Å². The lowest BCUT2D eigenvalue weighted by atomic mass is 9.95. The van der Waals surface area contributed by atoms with Gasteiger partial charge < -0.3 is 10.2 Å². The first-order chi connectivity index (χ1) is 13.3. The Morgan fingerprint density at radius 1 is 1.11 bits per heavy atom. The summed E-state index contributed by atoms with van der Waals surface area (Å²) >= 11 is 0. The van der Waals surface area contributed by atoms with E-state index in [1.54, 1.807) is 6.33 Å². The number of amides is 1. The second-order valence-electron chi connectivity index (χ2n) is 6.98. The summed E-state index contributed by atoms with van der Waals surface area (Å²) in [5, 5.41) is 4.08. The van der Waals surface area contributed by atoms with E-state index < -0.39 is 0 Å². The Kier molecular flexibility index (Phi) is 5.01. The van der Waals surface area contributed by atoms with Crippen molar-refractivity contribution in [1.29, 1.82) is 0 Å². The first kappa shape index (κ1) is 17.5. The Morgan fingerprint density at radius 3 is 2.63 bits per heavy atom. The zero-order chi connectivity index (χ0) is 18.6. The molecule has 5 nitrogen and oxygen atoms in total. The molecule has 0 saturated carbocycles. The third kappa shape index (κ3) is 3.63. The van der Waals surface area contributed by atoms with Gasteiger partial charge in [-0.25, -0.2) is 9.97 Å². The lowest BCUT2D eigenvalue weighted by molar-refractivity contribution is -0.117. The van der Waals surface area contributed by atoms with Crippen molar-refractivity contribution < 1.29 is 4.79 Å². The van der Waals surface area contributed by atoms with Crippen molar-refractivity contribution in [3.05, 3.63) is 60.4 Å². The van der Waals surface area contributed by atoms with E-state index in [1.807, 2.05) is 55.5 Å². The van der Waals surface area contributed by atoms with E-state index in [0.717, 1.165) is 47.5 Å². The van der Waals surface area contributed by atoms with Gasteiger partial charge in [-0.1, -0.05) is 37.3 Å². The van der Waals surface area contributed by atoms with Crippen LogP contribution < -0.4 is 10.2 Å². The summed E-state index contributed by atoms with van der Waals surface area (Å²) in [7, 11) is 0. The van der Waals surface area contributed by atoms with Gasteiger partial charge in [-0.3, -0.25) is 4.79 Å². The van der Waals surface area contributed by atoms with Crippen molar-refractivity contribution in [1.82, 2.24) is 9.97 Å². The maximum atomic E-state index is 12.9. The molecule has 1 saturated heterocycles. The van der Waals surface area contributed by atoms with Crippen LogP contribution in [0.25, 0.3) is 10.9 Å². The van der Waals surface area contributed by atoms with Crippen LogP contribution in [0.4, 0.5) is 11.5 Å². The number of carbonyl (C=O) groups excluding carboxylic acids is 1. The number of aromatic nitrogens is 2. The predicted molar refractivity (Wildman–Crippen MR) is 109 cm³/mol. The quantitative estimate of drug-likeness (QED) is 0.734. The minimum absolute atomic E-state index is 0.0163. The standard InChI is InChI=1S/C22H24N4O/c1-2-18(16-8-4-3-5-9-16)22(27)25-17-10-11-20-19(14-17)21(24-15-23-20)26-12-6-7-13-26/h3-5,8-11,14-15,18H,2,6-7,12-13H2,1H3,(H,25,27). The Bertz CT molecular complexity index is 935. The molecule has 1 fully saturated rings. The van der Waals surface area contributed by atoms with Gasteiger partial charge in [-0.2, -0.15) is 0 Å². The summed E-state index contributed by atoms with van der Waals surface area (Å²) in [6.07, 6.45) is 4.76. The molecule has 0 bridgehead atoms. The van der Waals surface area contributed by atoms with E-state index in [1.165, 1.54) is 12.8 Å². The third-order valence-electron chi connectivity index (χ3n) is 5.21. The monoisotopic (exact) mass is 360 g/mol. The number of benzene rings is 2. The molecule has 3 aromatic rings. The summed E-state index contributed by atoms with van der Waals surface area (Å²) in [4.78, 5) is 24.1. The average molecular weight is 360 g/mol. The second kappa shape index (κ2) is 7.74. The highest BCUT2D eigenvalue weighted by atomic mass is 16.1. The molecule has 1 amide bonds. The van der Waals surface area contributed by atoms with Crippen molar-refractivity contribution in [2.24, 2.45) is 0 Å². The average Bonchev–Trinajstić information content (AvgIpc) is 3.23. The van der Waals surface area contributed by atoms with E-state index in [-0.39, 0.29) is 11.8 Å². The number of nitrogens with one attached hydrogen (secondary N) is 1. The summed E-state index contributed by atoms with van der Waals surface area (Å²) in [5.41, 5.74) is 2.73. The number of nitrogens with zero attached hydrogens (tertiary/aromatic N) is 3. The zero-order valence-electron chi connectivity index (χ0n) is 15.6. The maximum absolute atomic E-state index is 12.9. The molecule has 1 aliphatic heterocycles. The van der Waals surface area contributed by atoms with Gasteiger partial charge in [0.15, 0.2) is 0 Å². The van der Waals surface area contributed by atoms with E-state index in [9.17, 15) is 4.79 Å². The molecule has 1 aliphatic rings. The minimum atomic E-state index is -0.160. The number of anilines is 2. The molecule has 2 aromatic carbocycles. The highest BCUT2D eigenvalue weighted by Crippen LogP contribution is 2.29. The molecule has 0 spiro atoms. The maximum Gasteiger partial charge on any atom is 0.231 e. The summed E-state index contributed by atoms with van der Waals surface area (Å²) in [6, 6.07) is 15.8. The largest absolute Gasteiger partial charge is 0.356 e. The second-order valence-corrected chi connectivity index (χ2v) is 6.98. The molecule has 138 valence electrons. The van der Waals surface area contributed by atoms with Gasteiger partial charge >= 0.3 is 0 Å². The molecule has 0 radical (unpaired) electrons. The lowest BCUT2D eigenvalue weighted by Gasteiger charge is -2.19. The number of rotatable bonds is 5. The normalized spacial score (nSPS) is 15.1. The van der Waals surface area contributed by atoms with Gasteiger partial charge in [0.05, 0.1) is 11.4 Å². The molecule has 0 aliphatic carbocycles. The molecule has 2 heterocycles. The smallest absolute Gasteiger partial charge is 0.231 e. The Hall–Kier alpha value is -2.95. The molecule has 1 aromatic heterocycles. The number of fused-ring (bicyclic) bond motifs is 1. The molecular formula is C22H24N4O. The number of carbonyl (C=O) groups is 1. The fourth-order valence-corrected chi connectivity index (χ4v) is 3.79. The highest BCUT2D eigenvalue weighted by Gasteiger charge is 2.20. The van der Waals surface area contributed by atoms with Crippen LogP contribution in [0.2, 0.25) is 0 Å². The number of hydrogen-bond acceptors (Lipinski definition) is 4. The van der Waals surface area contributed by atoms with Crippen LogP contribution in [0.5, 0.6) is 0 Å². The van der Waals surface area contributed by atoms with E-state index in [4.69, 9.17) is 0 Å². The summed E-state index contributed by atoms with van der Waals surface area (Å²) in [5.74, 6) is 0.818. The lowest BCUT2D eigenvalue weighted by Crippen LogP contribution is -2.21. The molecule has 27 heavy (non-hydrogen) atoms. The SMILES string of the molecule is CCC(C(=O)Nc1ccc2ncnc(N3CCCC3)c2c1)c1ccccc1. The minimum Gasteiger partial charge on any atom is -0.356 e. The zero-order valence-corrected chi connectivity index (χ0v) is 15.6. The third-order valence-corrected chi connectivity index (χ3v) is 5.21. The van der Waals surface area contributed by atoms with E-state index in [2.05, 4.69) is 20.2 Å². The fraction of sp³-hybridized carbons (Fsp3) is 0.318. The summed E-state index contributed by atoms with van der Waals surface area (Å²) < 4.78 is 0.